The van der Waals surface area contributed by atoms with Crippen molar-refractivity contribution in [2.24, 2.45) is 0 Å². The molecule has 0 saturated heterocycles. The van der Waals surface area contributed by atoms with E-state index < -0.39 is 0 Å². The third-order valence-corrected chi connectivity index (χ3v) is 5.66. The summed E-state index contributed by atoms with van der Waals surface area (Å²) in [6.45, 7) is 4.91. The maximum Gasteiger partial charge on any atom is 0.119 e. The second-order valence-electron chi connectivity index (χ2n) is 7.41. The summed E-state index contributed by atoms with van der Waals surface area (Å²) in [5.74, 6) is 0.932. The summed E-state index contributed by atoms with van der Waals surface area (Å²) in [6.07, 6.45) is 3.36. The minimum Gasteiger partial charge on any atom is -0.494 e. The highest BCUT2D eigenvalue weighted by molar-refractivity contribution is 9.10. The van der Waals surface area contributed by atoms with Gasteiger partial charge in [-0.1, -0.05) is 89.9 Å². The monoisotopic (exact) mass is 451 g/mol. The fraction of sp³-hybridized carbons (Fsp3) is 0.308. The van der Waals surface area contributed by atoms with E-state index in [2.05, 4.69) is 88.4 Å². The molecule has 0 unspecified atom stereocenters. The lowest BCUT2D eigenvalue weighted by Gasteiger charge is -2.32. The Morgan fingerprint density at radius 1 is 0.759 bits per heavy atom. The predicted molar refractivity (Wildman–Crippen MR) is 125 cm³/mol. The minimum absolute atomic E-state index is 0.482. The van der Waals surface area contributed by atoms with Gasteiger partial charge in [-0.25, -0.2) is 0 Å². The Bertz CT molecular complexity index is 779. The smallest absolute Gasteiger partial charge is 0.119 e. The van der Waals surface area contributed by atoms with Crippen LogP contribution in [0.1, 0.15) is 37.3 Å². The van der Waals surface area contributed by atoms with Crippen LogP contribution in [0.3, 0.4) is 0 Å². The van der Waals surface area contributed by atoms with E-state index in [-0.39, 0.29) is 0 Å². The van der Waals surface area contributed by atoms with Gasteiger partial charge in [-0.05, 0) is 48.2 Å². The van der Waals surface area contributed by atoms with Gasteiger partial charge in [0.2, 0.25) is 0 Å². The molecule has 2 nitrogen and oxygen atoms in total. The second kappa shape index (κ2) is 11.8. The molecule has 0 fully saturated rings. The van der Waals surface area contributed by atoms with E-state index in [0.29, 0.717) is 6.04 Å². The van der Waals surface area contributed by atoms with Crippen molar-refractivity contribution in [2.75, 3.05) is 6.61 Å². The third-order valence-electron chi connectivity index (χ3n) is 5.13. The molecule has 3 aromatic carbocycles. The van der Waals surface area contributed by atoms with Crippen LogP contribution in [0.15, 0.2) is 89.4 Å². The van der Waals surface area contributed by atoms with Crippen LogP contribution in [-0.4, -0.2) is 17.5 Å². The van der Waals surface area contributed by atoms with Crippen molar-refractivity contribution in [1.29, 1.82) is 0 Å². The molecule has 0 aliphatic carbocycles. The summed E-state index contributed by atoms with van der Waals surface area (Å²) in [4.78, 5) is 2.61. The highest BCUT2D eigenvalue weighted by Crippen LogP contribution is 2.21. The van der Waals surface area contributed by atoms with Gasteiger partial charge in [-0.3, -0.25) is 4.90 Å². The molecule has 0 heterocycles. The number of benzene rings is 3. The van der Waals surface area contributed by atoms with Crippen LogP contribution in [0.5, 0.6) is 5.75 Å². The van der Waals surface area contributed by atoms with Gasteiger partial charge < -0.3 is 4.74 Å². The van der Waals surface area contributed by atoms with Crippen molar-refractivity contribution in [1.82, 2.24) is 4.90 Å². The van der Waals surface area contributed by atoms with Gasteiger partial charge in [0, 0.05) is 23.6 Å². The van der Waals surface area contributed by atoms with Crippen molar-refractivity contribution >= 4 is 15.9 Å². The third kappa shape index (κ3) is 7.34. The molecule has 0 amide bonds. The molecule has 1 atom stereocenters. The van der Waals surface area contributed by atoms with Crippen LogP contribution in [0, 0.1) is 0 Å². The zero-order valence-electron chi connectivity index (χ0n) is 17.1. The SMILES string of the molecule is CCC[C@H](CCOc1ccc(Br)cc1)N(Cc1ccccc1)Cc1ccccc1. The van der Waals surface area contributed by atoms with Crippen molar-refractivity contribution in [2.45, 2.75) is 45.3 Å². The Hall–Kier alpha value is -2.10. The number of hydrogen-bond donors (Lipinski definition) is 0. The van der Waals surface area contributed by atoms with Crippen LogP contribution in [0.4, 0.5) is 0 Å². The van der Waals surface area contributed by atoms with E-state index >= 15 is 0 Å². The fourth-order valence-corrected chi connectivity index (χ4v) is 3.90. The van der Waals surface area contributed by atoms with Gasteiger partial charge in [0.1, 0.15) is 5.75 Å². The molecule has 3 heteroatoms. The number of ether oxygens (including phenoxy) is 1. The van der Waals surface area contributed by atoms with E-state index in [9.17, 15) is 0 Å². The quantitative estimate of drug-likeness (QED) is 0.308. The van der Waals surface area contributed by atoms with Crippen molar-refractivity contribution in [3.63, 3.8) is 0 Å². The van der Waals surface area contributed by atoms with Crippen molar-refractivity contribution < 1.29 is 4.74 Å². The van der Waals surface area contributed by atoms with E-state index in [1.165, 1.54) is 24.0 Å². The summed E-state index contributed by atoms with van der Waals surface area (Å²) < 4.78 is 7.12. The van der Waals surface area contributed by atoms with Crippen molar-refractivity contribution in [3.8, 4) is 5.75 Å². The Balaban J connectivity index is 1.68. The van der Waals surface area contributed by atoms with E-state index in [4.69, 9.17) is 4.74 Å². The Morgan fingerprint density at radius 3 is 1.83 bits per heavy atom. The van der Waals surface area contributed by atoms with Gasteiger partial charge in [-0.2, -0.15) is 0 Å². The lowest BCUT2D eigenvalue weighted by molar-refractivity contribution is 0.139. The molecule has 0 aliphatic heterocycles. The van der Waals surface area contributed by atoms with Crippen LogP contribution in [-0.2, 0) is 13.1 Å². The van der Waals surface area contributed by atoms with Crippen LogP contribution < -0.4 is 4.74 Å². The average molecular weight is 452 g/mol. The second-order valence-corrected chi connectivity index (χ2v) is 8.33. The maximum absolute atomic E-state index is 6.04. The number of rotatable bonds is 11. The summed E-state index contributed by atoms with van der Waals surface area (Å²) in [5.41, 5.74) is 2.72. The van der Waals surface area contributed by atoms with Gasteiger partial charge in [0.25, 0.3) is 0 Å². The van der Waals surface area contributed by atoms with Crippen LogP contribution in [0.2, 0.25) is 0 Å². The maximum atomic E-state index is 6.04. The average Bonchev–Trinajstić information content (AvgIpc) is 2.75. The molecule has 3 rings (SSSR count). The van der Waals surface area contributed by atoms with Gasteiger partial charge in [-0.15, -0.1) is 0 Å². The molecule has 0 radical (unpaired) electrons. The molecular weight excluding hydrogens is 422 g/mol. The first-order chi connectivity index (χ1) is 14.2. The molecule has 0 aromatic heterocycles. The standard InChI is InChI=1S/C26H30BrNO/c1-2-9-25(18-19-29-26-16-14-24(27)15-17-26)28(20-22-10-5-3-6-11-22)21-23-12-7-4-8-13-23/h3-8,10-17,25H,2,9,18-21H2,1H3/t25-/m1/s1. The lowest BCUT2D eigenvalue weighted by atomic mass is 10.0. The van der Waals surface area contributed by atoms with E-state index in [1.807, 2.05) is 24.3 Å². The predicted octanol–water partition coefficient (Wildman–Crippen LogP) is 7.09. The zero-order valence-corrected chi connectivity index (χ0v) is 18.7. The fourth-order valence-electron chi connectivity index (χ4n) is 3.64. The topological polar surface area (TPSA) is 12.5 Å². The normalized spacial score (nSPS) is 12.1. The van der Waals surface area contributed by atoms with Gasteiger partial charge in [0.05, 0.1) is 6.61 Å². The van der Waals surface area contributed by atoms with Gasteiger partial charge >= 0.3 is 0 Å². The first kappa shape index (κ1) is 21.6. The minimum atomic E-state index is 0.482. The molecule has 3 aromatic rings. The molecule has 29 heavy (non-hydrogen) atoms. The number of hydrogen-bond acceptors (Lipinski definition) is 2. The Morgan fingerprint density at radius 2 is 1.31 bits per heavy atom. The number of nitrogens with zero attached hydrogens (tertiary/aromatic N) is 1. The van der Waals surface area contributed by atoms with Crippen LogP contribution >= 0.6 is 15.9 Å². The van der Waals surface area contributed by atoms with Crippen molar-refractivity contribution in [3.05, 3.63) is 101 Å². The van der Waals surface area contributed by atoms with Crippen LogP contribution in [0.25, 0.3) is 0 Å². The largest absolute Gasteiger partial charge is 0.494 e. The molecule has 0 bridgehead atoms. The summed E-state index contributed by atoms with van der Waals surface area (Å²) in [7, 11) is 0. The summed E-state index contributed by atoms with van der Waals surface area (Å²) >= 11 is 3.48. The lowest BCUT2D eigenvalue weighted by Crippen LogP contribution is -2.35. The molecular formula is C26H30BrNO. The highest BCUT2D eigenvalue weighted by Gasteiger charge is 2.19. The molecule has 0 spiro atoms. The highest BCUT2D eigenvalue weighted by atomic mass is 79.9. The summed E-state index contributed by atoms with van der Waals surface area (Å²) in [6, 6.07) is 30.1. The Labute approximate surface area is 183 Å². The Kier molecular flexibility index (Phi) is 8.79. The number of halogens is 1. The molecule has 0 N–H and O–H groups in total. The molecule has 0 aliphatic rings. The van der Waals surface area contributed by atoms with E-state index in [0.717, 1.165) is 36.3 Å². The first-order valence-corrected chi connectivity index (χ1v) is 11.2. The van der Waals surface area contributed by atoms with Gasteiger partial charge in [0.15, 0.2) is 0 Å². The molecule has 152 valence electrons. The summed E-state index contributed by atoms with van der Waals surface area (Å²) in [5, 5.41) is 0. The van der Waals surface area contributed by atoms with E-state index in [1.54, 1.807) is 0 Å². The molecule has 0 saturated carbocycles. The first-order valence-electron chi connectivity index (χ1n) is 10.4. The zero-order chi connectivity index (χ0) is 20.3.